The SMILES string of the molecule is CCCCCCCCCCCCCCCC1(C)CCCCC1. The van der Waals surface area contributed by atoms with Crippen LogP contribution in [0.15, 0.2) is 0 Å². The zero-order valence-electron chi connectivity index (χ0n) is 15.9. The van der Waals surface area contributed by atoms with E-state index in [0.29, 0.717) is 0 Å². The van der Waals surface area contributed by atoms with E-state index < -0.39 is 0 Å². The summed E-state index contributed by atoms with van der Waals surface area (Å²) in [5, 5.41) is 0. The first kappa shape index (κ1) is 20.0. The number of hydrogen-bond donors (Lipinski definition) is 0. The fraction of sp³-hybridized carbons (Fsp3) is 1.00. The molecule has 0 amide bonds. The van der Waals surface area contributed by atoms with Crippen LogP contribution in [-0.4, -0.2) is 0 Å². The van der Waals surface area contributed by atoms with E-state index in [1.807, 2.05) is 0 Å². The van der Waals surface area contributed by atoms with Gasteiger partial charge < -0.3 is 0 Å². The van der Waals surface area contributed by atoms with Crippen LogP contribution in [0.4, 0.5) is 0 Å². The number of rotatable bonds is 14. The summed E-state index contributed by atoms with van der Waals surface area (Å²) in [5.41, 5.74) is 0.718. The Bertz CT molecular complexity index is 224. The lowest BCUT2D eigenvalue weighted by molar-refractivity contribution is 0.192. The van der Waals surface area contributed by atoms with Crippen molar-refractivity contribution in [1.82, 2.24) is 0 Å². The predicted molar refractivity (Wildman–Crippen MR) is 102 cm³/mol. The average molecular weight is 309 g/mol. The molecule has 1 rings (SSSR count). The van der Waals surface area contributed by atoms with Crippen LogP contribution in [0.2, 0.25) is 0 Å². The highest BCUT2D eigenvalue weighted by molar-refractivity contribution is 4.78. The third-order valence-electron chi connectivity index (χ3n) is 5.94. The van der Waals surface area contributed by atoms with Gasteiger partial charge in [0.2, 0.25) is 0 Å². The quantitative estimate of drug-likeness (QED) is 0.282. The lowest BCUT2D eigenvalue weighted by atomic mass is 9.72. The zero-order valence-corrected chi connectivity index (χ0v) is 15.9. The first-order valence-electron chi connectivity index (χ1n) is 10.8. The van der Waals surface area contributed by atoms with Crippen molar-refractivity contribution in [3.05, 3.63) is 0 Å². The van der Waals surface area contributed by atoms with Gasteiger partial charge in [-0.1, -0.05) is 117 Å². The Kier molecular flexibility index (Phi) is 12.2. The Labute approximate surface area is 141 Å². The van der Waals surface area contributed by atoms with Crippen LogP contribution in [0.3, 0.4) is 0 Å². The molecule has 0 unspecified atom stereocenters. The summed E-state index contributed by atoms with van der Waals surface area (Å²) in [7, 11) is 0. The second-order valence-electron chi connectivity index (χ2n) is 8.36. The van der Waals surface area contributed by atoms with Crippen molar-refractivity contribution in [1.29, 1.82) is 0 Å². The molecule has 0 aromatic carbocycles. The maximum absolute atomic E-state index is 2.55. The van der Waals surface area contributed by atoms with Gasteiger partial charge in [0.1, 0.15) is 0 Å². The highest BCUT2D eigenvalue weighted by Crippen LogP contribution is 2.40. The van der Waals surface area contributed by atoms with Gasteiger partial charge in [-0.2, -0.15) is 0 Å². The van der Waals surface area contributed by atoms with Gasteiger partial charge in [0.25, 0.3) is 0 Å². The zero-order chi connectivity index (χ0) is 15.9. The van der Waals surface area contributed by atoms with E-state index in [1.54, 1.807) is 0 Å². The van der Waals surface area contributed by atoms with Gasteiger partial charge in [-0.3, -0.25) is 0 Å². The van der Waals surface area contributed by atoms with Gasteiger partial charge in [0.05, 0.1) is 0 Å². The van der Waals surface area contributed by atoms with E-state index in [-0.39, 0.29) is 0 Å². The number of unbranched alkanes of at least 4 members (excludes halogenated alkanes) is 12. The van der Waals surface area contributed by atoms with Crippen molar-refractivity contribution in [3.63, 3.8) is 0 Å². The standard InChI is InChI=1S/C22H44/c1-3-4-5-6-7-8-9-10-11-12-13-14-16-19-22(2)20-17-15-18-21-22/h3-21H2,1-2H3. The van der Waals surface area contributed by atoms with Crippen LogP contribution in [0.5, 0.6) is 0 Å². The lowest BCUT2D eigenvalue weighted by Gasteiger charge is -2.33. The summed E-state index contributed by atoms with van der Waals surface area (Å²) >= 11 is 0. The van der Waals surface area contributed by atoms with E-state index >= 15 is 0 Å². The Morgan fingerprint density at radius 3 is 1.41 bits per heavy atom. The molecular formula is C22H44. The first-order valence-corrected chi connectivity index (χ1v) is 10.8. The minimum atomic E-state index is 0.718. The molecule has 0 bridgehead atoms. The molecule has 0 aromatic rings. The summed E-state index contributed by atoms with van der Waals surface area (Å²) in [6.45, 7) is 4.85. The van der Waals surface area contributed by atoms with E-state index in [1.165, 1.54) is 122 Å². The topological polar surface area (TPSA) is 0 Å². The molecule has 0 spiro atoms. The third-order valence-corrected chi connectivity index (χ3v) is 5.94. The monoisotopic (exact) mass is 308 g/mol. The van der Waals surface area contributed by atoms with E-state index in [0.717, 1.165) is 5.41 Å². The van der Waals surface area contributed by atoms with Crippen LogP contribution < -0.4 is 0 Å². The van der Waals surface area contributed by atoms with Crippen molar-refractivity contribution in [2.75, 3.05) is 0 Å². The van der Waals surface area contributed by atoms with Gasteiger partial charge in [0, 0.05) is 0 Å². The molecule has 1 aliphatic rings. The van der Waals surface area contributed by atoms with Crippen molar-refractivity contribution in [2.24, 2.45) is 5.41 Å². The molecule has 0 heteroatoms. The smallest absolute Gasteiger partial charge is 0.0326 e. The number of hydrogen-bond acceptors (Lipinski definition) is 0. The minimum Gasteiger partial charge on any atom is -0.0654 e. The average Bonchev–Trinajstić information content (AvgIpc) is 2.52. The van der Waals surface area contributed by atoms with Gasteiger partial charge in [-0.15, -0.1) is 0 Å². The van der Waals surface area contributed by atoms with Crippen molar-refractivity contribution < 1.29 is 0 Å². The predicted octanol–water partition coefficient (Wildman–Crippen LogP) is 8.44. The first-order chi connectivity index (χ1) is 10.8. The summed E-state index contributed by atoms with van der Waals surface area (Å²) < 4.78 is 0. The molecule has 22 heavy (non-hydrogen) atoms. The maximum atomic E-state index is 2.55. The van der Waals surface area contributed by atoms with Crippen LogP contribution in [0.1, 0.15) is 136 Å². The second kappa shape index (κ2) is 13.4. The van der Waals surface area contributed by atoms with Gasteiger partial charge in [-0.05, 0) is 24.7 Å². The fourth-order valence-corrected chi connectivity index (χ4v) is 4.22. The second-order valence-corrected chi connectivity index (χ2v) is 8.36. The van der Waals surface area contributed by atoms with Gasteiger partial charge in [-0.25, -0.2) is 0 Å². The Morgan fingerprint density at radius 2 is 0.955 bits per heavy atom. The molecule has 0 atom stereocenters. The third kappa shape index (κ3) is 10.7. The molecule has 0 saturated heterocycles. The normalized spacial score (nSPS) is 17.7. The molecule has 0 heterocycles. The minimum absolute atomic E-state index is 0.718. The van der Waals surface area contributed by atoms with Crippen LogP contribution in [-0.2, 0) is 0 Å². The Hall–Kier alpha value is 0. The molecule has 1 saturated carbocycles. The Balaban J connectivity index is 1.76. The molecule has 0 N–H and O–H groups in total. The van der Waals surface area contributed by atoms with Crippen LogP contribution in [0, 0.1) is 5.41 Å². The molecule has 0 aliphatic heterocycles. The molecule has 1 fully saturated rings. The maximum Gasteiger partial charge on any atom is -0.0326 e. The summed E-state index contributed by atoms with van der Waals surface area (Å²) in [4.78, 5) is 0. The lowest BCUT2D eigenvalue weighted by Crippen LogP contribution is -2.19. The summed E-state index contributed by atoms with van der Waals surface area (Å²) in [6.07, 6.45) is 28.2. The molecular weight excluding hydrogens is 264 g/mol. The molecule has 1 aliphatic carbocycles. The van der Waals surface area contributed by atoms with E-state index in [4.69, 9.17) is 0 Å². The Morgan fingerprint density at radius 1 is 0.545 bits per heavy atom. The van der Waals surface area contributed by atoms with Crippen LogP contribution in [0.25, 0.3) is 0 Å². The van der Waals surface area contributed by atoms with Gasteiger partial charge in [0.15, 0.2) is 0 Å². The van der Waals surface area contributed by atoms with Crippen molar-refractivity contribution >= 4 is 0 Å². The highest BCUT2D eigenvalue weighted by Gasteiger charge is 2.25. The fourth-order valence-electron chi connectivity index (χ4n) is 4.22. The highest BCUT2D eigenvalue weighted by atomic mass is 14.3. The van der Waals surface area contributed by atoms with Gasteiger partial charge >= 0.3 is 0 Å². The van der Waals surface area contributed by atoms with Crippen LogP contribution >= 0.6 is 0 Å². The molecule has 132 valence electrons. The van der Waals surface area contributed by atoms with E-state index in [2.05, 4.69) is 13.8 Å². The van der Waals surface area contributed by atoms with E-state index in [9.17, 15) is 0 Å². The molecule has 0 radical (unpaired) electrons. The molecule has 0 nitrogen and oxygen atoms in total. The van der Waals surface area contributed by atoms with Crippen molar-refractivity contribution in [3.8, 4) is 0 Å². The summed E-state index contributed by atoms with van der Waals surface area (Å²) in [6, 6.07) is 0. The van der Waals surface area contributed by atoms with Crippen molar-refractivity contribution in [2.45, 2.75) is 136 Å². The summed E-state index contributed by atoms with van der Waals surface area (Å²) in [5.74, 6) is 0. The molecule has 0 aromatic heterocycles. The largest absolute Gasteiger partial charge is 0.0654 e.